The van der Waals surface area contributed by atoms with Gasteiger partial charge in [-0.05, 0) is 47.2 Å². The lowest BCUT2D eigenvalue weighted by Crippen LogP contribution is -2.53. The van der Waals surface area contributed by atoms with E-state index in [2.05, 4.69) is 26.1 Å². The van der Waals surface area contributed by atoms with Gasteiger partial charge in [-0.15, -0.1) is 0 Å². The van der Waals surface area contributed by atoms with E-state index >= 15 is 0 Å². The van der Waals surface area contributed by atoms with Crippen LogP contribution in [0.1, 0.15) is 48.7 Å². The SMILES string of the molecule is CC(C)(C)c1ccc(C(=O)NC(Cc2cccc(O)c2)C(=O)N2CCC3OCC(=O)C32)cc1. The molecular weight excluding hydrogens is 420 g/mol. The number of aromatic hydroxyl groups is 1. The first kappa shape index (κ1) is 23.0. The van der Waals surface area contributed by atoms with E-state index in [1.54, 1.807) is 36.4 Å². The number of amides is 2. The summed E-state index contributed by atoms with van der Waals surface area (Å²) in [5.41, 5.74) is 2.23. The molecule has 0 aromatic heterocycles. The normalized spacial score (nSPS) is 21.1. The van der Waals surface area contributed by atoms with Gasteiger partial charge in [0.25, 0.3) is 5.91 Å². The molecule has 0 saturated carbocycles. The second kappa shape index (κ2) is 8.98. The molecule has 2 aromatic carbocycles. The minimum Gasteiger partial charge on any atom is -0.508 e. The molecule has 2 aliphatic rings. The fourth-order valence-corrected chi connectivity index (χ4v) is 4.52. The Morgan fingerprint density at radius 3 is 2.58 bits per heavy atom. The third-order valence-electron chi connectivity index (χ3n) is 6.36. The lowest BCUT2D eigenvalue weighted by atomic mass is 9.86. The summed E-state index contributed by atoms with van der Waals surface area (Å²) in [5, 5.41) is 12.7. The Morgan fingerprint density at radius 1 is 1.18 bits per heavy atom. The summed E-state index contributed by atoms with van der Waals surface area (Å²) in [6.07, 6.45) is 0.522. The molecule has 3 unspecified atom stereocenters. The van der Waals surface area contributed by atoms with Gasteiger partial charge in [0, 0.05) is 18.5 Å². The van der Waals surface area contributed by atoms with Crippen molar-refractivity contribution in [2.24, 2.45) is 0 Å². The average Bonchev–Trinajstić information content (AvgIpc) is 3.35. The third kappa shape index (κ3) is 4.93. The maximum Gasteiger partial charge on any atom is 0.251 e. The maximum absolute atomic E-state index is 13.5. The molecule has 2 amide bonds. The van der Waals surface area contributed by atoms with Crippen LogP contribution in [0.3, 0.4) is 0 Å². The lowest BCUT2D eigenvalue weighted by Gasteiger charge is -2.28. The van der Waals surface area contributed by atoms with E-state index in [1.807, 2.05) is 12.1 Å². The predicted octanol–water partition coefficient (Wildman–Crippen LogP) is 2.60. The zero-order chi connectivity index (χ0) is 23.8. The zero-order valence-electron chi connectivity index (χ0n) is 19.2. The van der Waals surface area contributed by atoms with Crippen molar-refractivity contribution < 1.29 is 24.2 Å². The van der Waals surface area contributed by atoms with Crippen LogP contribution in [0.25, 0.3) is 0 Å². The number of likely N-dealkylation sites (tertiary alicyclic amines) is 1. The van der Waals surface area contributed by atoms with Gasteiger partial charge >= 0.3 is 0 Å². The number of benzene rings is 2. The van der Waals surface area contributed by atoms with Crippen LogP contribution in [0, 0.1) is 0 Å². The van der Waals surface area contributed by atoms with Gasteiger partial charge in [0.15, 0.2) is 5.78 Å². The number of fused-ring (bicyclic) bond motifs is 1. The number of hydrogen-bond donors (Lipinski definition) is 2. The minimum absolute atomic E-state index is 0.0167. The average molecular weight is 451 g/mol. The number of phenolic OH excluding ortho intramolecular Hbond substituents is 1. The molecule has 2 aliphatic heterocycles. The molecule has 0 radical (unpaired) electrons. The van der Waals surface area contributed by atoms with Gasteiger partial charge < -0.3 is 20.1 Å². The standard InChI is InChI=1S/C26H30N2O5/c1-26(2,3)18-9-7-17(8-10-18)24(31)27-20(14-16-5-4-6-19(29)13-16)25(32)28-12-11-22-23(28)21(30)15-33-22/h4-10,13,20,22-23,29H,11-12,14-15H2,1-3H3,(H,27,31). The Kier molecular flexibility index (Phi) is 6.26. The summed E-state index contributed by atoms with van der Waals surface area (Å²) >= 11 is 0. The lowest BCUT2D eigenvalue weighted by molar-refractivity contribution is -0.138. The number of carbonyl (C=O) groups excluding carboxylic acids is 3. The fraction of sp³-hybridized carbons (Fsp3) is 0.423. The molecule has 33 heavy (non-hydrogen) atoms. The van der Waals surface area contributed by atoms with Crippen molar-refractivity contribution in [1.29, 1.82) is 0 Å². The first-order valence-electron chi connectivity index (χ1n) is 11.3. The van der Waals surface area contributed by atoms with Gasteiger partial charge in [0.05, 0.1) is 6.10 Å². The summed E-state index contributed by atoms with van der Waals surface area (Å²) in [7, 11) is 0. The summed E-state index contributed by atoms with van der Waals surface area (Å²) in [4.78, 5) is 40.4. The van der Waals surface area contributed by atoms with Crippen LogP contribution < -0.4 is 5.32 Å². The minimum atomic E-state index is -0.881. The third-order valence-corrected chi connectivity index (χ3v) is 6.36. The van der Waals surface area contributed by atoms with Gasteiger partial charge in [-0.1, -0.05) is 45.0 Å². The van der Waals surface area contributed by atoms with Gasteiger partial charge in [-0.25, -0.2) is 0 Å². The molecule has 2 N–H and O–H groups in total. The predicted molar refractivity (Wildman–Crippen MR) is 123 cm³/mol. The van der Waals surface area contributed by atoms with Gasteiger partial charge in [0.1, 0.15) is 24.4 Å². The summed E-state index contributed by atoms with van der Waals surface area (Å²) in [6, 6.07) is 12.5. The fourth-order valence-electron chi connectivity index (χ4n) is 4.52. The number of ether oxygens (including phenoxy) is 1. The van der Waals surface area contributed by atoms with Gasteiger partial charge in [-0.3, -0.25) is 14.4 Å². The Balaban J connectivity index is 1.56. The number of carbonyl (C=O) groups is 3. The highest BCUT2D eigenvalue weighted by molar-refractivity contribution is 5.99. The summed E-state index contributed by atoms with van der Waals surface area (Å²) in [6.45, 7) is 6.73. The number of ketones is 1. The van der Waals surface area contributed by atoms with Crippen molar-refractivity contribution in [3.63, 3.8) is 0 Å². The van der Waals surface area contributed by atoms with E-state index in [0.717, 1.165) is 5.56 Å². The van der Waals surface area contributed by atoms with Crippen LogP contribution in [-0.4, -0.2) is 58.9 Å². The molecule has 2 aromatic rings. The highest BCUT2D eigenvalue weighted by Gasteiger charge is 2.48. The van der Waals surface area contributed by atoms with Crippen LogP contribution in [0.15, 0.2) is 48.5 Å². The Bertz CT molecular complexity index is 1060. The second-order valence-electron chi connectivity index (χ2n) is 9.81. The van der Waals surface area contributed by atoms with Gasteiger partial charge in [-0.2, -0.15) is 0 Å². The number of Topliss-reactive ketones (excluding diaryl/α,β-unsaturated/α-hetero) is 1. The number of rotatable bonds is 5. The Hall–Kier alpha value is -3.19. The van der Waals surface area contributed by atoms with Crippen molar-refractivity contribution in [2.75, 3.05) is 13.2 Å². The van der Waals surface area contributed by atoms with E-state index < -0.39 is 12.1 Å². The van der Waals surface area contributed by atoms with Gasteiger partial charge in [0.2, 0.25) is 5.91 Å². The molecule has 0 spiro atoms. The monoisotopic (exact) mass is 450 g/mol. The van der Waals surface area contributed by atoms with Crippen molar-refractivity contribution in [3.8, 4) is 5.75 Å². The molecular formula is C26H30N2O5. The molecule has 0 bridgehead atoms. The number of nitrogens with zero attached hydrogens (tertiary/aromatic N) is 1. The Labute approximate surface area is 193 Å². The number of phenols is 1. The van der Waals surface area contributed by atoms with Crippen molar-refractivity contribution in [3.05, 3.63) is 65.2 Å². The topological polar surface area (TPSA) is 95.9 Å². The van der Waals surface area contributed by atoms with Crippen LogP contribution in [0.5, 0.6) is 5.75 Å². The van der Waals surface area contributed by atoms with Crippen molar-refractivity contribution in [1.82, 2.24) is 10.2 Å². The maximum atomic E-state index is 13.5. The largest absolute Gasteiger partial charge is 0.508 e. The molecule has 2 fully saturated rings. The molecule has 7 nitrogen and oxygen atoms in total. The highest BCUT2D eigenvalue weighted by Crippen LogP contribution is 2.28. The first-order valence-corrected chi connectivity index (χ1v) is 11.3. The van der Waals surface area contributed by atoms with Crippen LogP contribution in [0.2, 0.25) is 0 Å². The van der Waals surface area contributed by atoms with E-state index in [9.17, 15) is 19.5 Å². The van der Waals surface area contributed by atoms with E-state index in [4.69, 9.17) is 4.74 Å². The smallest absolute Gasteiger partial charge is 0.251 e. The van der Waals surface area contributed by atoms with Crippen molar-refractivity contribution >= 4 is 17.6 Å². The molecule has 0 aliphatic carbocycles. The van der Waals surface area contributed by atoms with E-state index in [1.165, 1.54) is 4.90 Å². The zero-order valence-corrected chi connectivity index (χ0v) is 19.2. The van der Waals surface area contributed by atoms with Crippen LogP contribution >= 0.6 is 0 Å². The first-order chi connectivity index (χ1) is 15.6. The number of hydrogen-bond acceptors (Lipinski definition) is 5. The highest BCUT2D eigenvalue weighted by atomic mass is 16.5. The van der Waals surface area contributed by atoms with E-state index in [0.29, 0.717) is 24.1 Å². The summed E-state index contributed by atoms with van der Waals surface area (Å²) in [5.74, 6) is -0.697. The number of nitrogens with one attached hydrogen (secondary N) is 1. The van der Waals surface area contributed by atoms with Crippen LogP contribution in [0.4, 0.5) is 0 Å². The molecule has 3 atom stereocenters. The second-order valence-corrected chi connectivity index (χ2v) is 9.81. The summed E-state index contributed by atoms with van der Waals surface area (Å²) < 4.78 is 5.51. The van der Waals surface area contributed by atoms with Crippen molar-refractivity contribution in [2.45, 2.75) is 57.2 Å². The molecule has 174 valence electrons. The molecule has 2 saturated heterocycles. The quantitative estimate of drug-likeness (QED) is 0.730. The van der Waals surface area contributed by atoms with E-state index in [-0.39, 0.29) is 47.9 Å². The molecule has 7 heteroatoms. The Morgan fingerprint density at radius 2 is 1.91 bits per heavy atom. The molecule has 4 rings (SSSR count). The molecule has 2 heterocycles. The van der Waals surface area contributed by atoms with Crippen LogP contribution in [-0.2, 0) is 26.2 Å².